The summed E-state index contributed by atoms with van der Waals surface area (Å²) in [4.78, 5) is 11.9. The first kappa shape index (κ1) is 10.1. The molecule has 1 aliphatic carbocycles. The van der Waals surface area contributed by atoms with Gasteiger partial charge in [-0.05, 0) is 43.9 Å². The van der Waals surface area contributed by atoms with Crippen molar-refractivity contribution in [3.63, 3.8) is 0 Å². The van der Waals surface area contributed by atoms with Gasteiger partial charge in [0.1, 0.15) is 5.82 Å². The normalized spacial score (nSPS) is 15.2. The van der Waals surface area contributed by atoms with Gasteiger partial charge in [0.25, 0.3) is 0 Å². The molecule has 1 aromatic rings. The van der Waals surface area contributed by atoms with E-state index in [-0.39, 0.29) is 11.3 Å². The topological polar surface area (TPSA) is 17.1 Å². The lowest BCUT2D eigenvalue weighted by Gasteiger charge is -2.04. The highest BCUT2D eigenvalue weighted by Gasteiger charge is 2.18. The highest BCUT2D eigenvalue weighted by atomic mass is 19.1. The van der Waals surface area contributed by atoms with E-state index >= 15 is 0 Å². The quantitative estimate of drug-likeness (QED) is 0.674. The zero-order valence-corrected chi connectivity index (χ0v) is 8.72. The number of carbonyl (C=O) groups is 1. The van der Waals surface area contributed by atoms with Crippen molar-refractivity contribution in [3.8, 4) is 0 Å². The second-order valence-corrected chi connectivity index (χ2v) is 3.93. The van der Waals surface area contributed by atoms with Gasteiger partial charge >= 0.3 is 0 Å². The Kier molecular flexibility index (Phi) is 2.67. The second-order valence-electron chi connectivity index (χ2n) is 3.93. The maximum Gasteiger partial charge on any atom is 0.191 e. The molecule has 1 aromatic carbocycles. The number of hydrogen-bond acceptors (Lipinski definition) is 1. The first-order chi connectivity index (χ1) is 7.18. The van der Waals surface area contributed by atoms with Crippen LogP contribution >= 0.6 is 0 Å². The summed E-state index contributed by atoms with van der Waals surface area (Å²) in [6.07, 6.45) is 4.65. The van der Waals surface area contributed by atoms with Gasteiger partial charge in [-0.25, -0.2) is 4.39 Å². The Labute approximate surface area is 88.6 Å². The molecule has 0 bridgehead atoms. The minimum absolute atomic E-state index is 0.145. The number of hydrogen-bond donors (Lipinski definition) is 0. The maximum absolute atomic E-state index is 13.4. The van der Waals surface area contributed by atoms with E-state index in [4.69, 9.17) is 0 Å². The predicted molar refractivity (Wildman–Crippen MR) is 57.4 cm³/mol. The van der Waals surface area contributed by atoms with Crippen molar-refractivity contribution in [3.05, 3.63) is 46.8 Å². The largest absolute Gasteiger partial charge is 0.289 e. The van der Waals surface area contributed by atoms with Gasteiger partial charge < -0.3 is 0 Å². The van der Waals surface area contributed by atoms with Crippen LogP contribution in [0.15, 0.2) is 29.8 Å². The number of allylic oxidation sites excluding steroid dienone is 2. The minimum atomic E-state index is -0.418. The lowest BCUT2D eigenvalue weighted by Crippen LogP contribution is -2.04. The Morgan fingerprint density at radius 3 is 2.87 bits per heavy atom. The third-order valence-corrected chi connectivity index (χ3v) is 2.70. The van der Waals surface area contributed by atoms with Crippen LogP contribution in [0.25, 0.3) is 0 Å². The summed E-state index contributed by atoms with van der Waals surface area (Å²) in [6, 6.07) is 4.66. The fourth-order valence-electron chi connectivity index (χ4n) is 1.86. The smallest absolute Gasteiger partial charge is 0.191 e. The summed E-state index contributed by atoms with van der Waals surface area (Å²) in [5, 5.41) is 0. The Hall–Kier alpha value is -1.44. The highest BCUT2D eigenvalue weighted by Crippen LogP contribution is 2.23. The Morgan fingerprint density at radius 1 is 1.40 bits per heavy atom. The average Bonchev–Trinajstić information content (AvgIpc) is 2.74. The number of halogens is 1. The molecule has 0 unspecified atom stereocenters. The molecule has 0 radical (unpaired) electrons. The molecule has 15 heavy (non-hydrogen) atoms. The molecular weight excluding hydrogens is 191 g/mol. The SMILES string of the molecule is Cc1ccc(F)c(C(=O)C2=CCCC2)c1. The van der Waals surface area contributed by atoms with Crippen molar-refractivity contribution in [2.45, 2.75) is 26.2 Å². The standard InChI is InChI=1S/C13H13FO/c1-9-6-7-12(14)11(8-9)13(15)10-4-2-3-5-10/h4,6-8H,2-3,5H2,1H3. The molecule has 0 N–H and O–H groups in total. The molecule has 1 aliphatic rings. The van der Waals surface area contributed by atoms with Gasteiger partial charge in [0, 0.05) is 0 Å². The van der Waals surface area contributed by atoms with Crippen molar-refractivity contribution in [1.29, 1.82) is 0 Å². The van der Waals surface area contributed by atoms with Crippen LogP contribution in [0, 0.1) is 12.7 Å². The molecule has 2 heteroatoms. The summed E-state index contributed by atoms with van der Waals surface area (Å²) < 4.78 is 13.4. The zero-order valence-electron chi connectivity index (χ0n) is 8.72. The van der Waals surface area contributed by atoms with Crippen LogP contribution < -0.4 is 0 Å². The molecule has 0 aromatic heterocycles. The number of carbonyl (C=O) groups excluding carboxylic acids is 1. The van der Waals surface area contributed by atoms with E-state index in [0.717, 1.165) is 30.4 Å². The van der Waals surface area contributed by atoms with E-state index in [9.17, 15) is 9.18 Å². The zero-order chi connectivity index (χ0) is 10.8. The van der Waals surface area contributed by atoms with Gasteiger partial charge in [-0.15, -0.1) is 0 Å². The van der Waals surface area contributed by atoms with Crippen LogP contribution in [-0.2, 0) is 0 Å². The lowest BCUT2D eigenvalue weighted by molar-refractivity contribution is 0.102. The Morgan fingerprint density at radius 2 is 2.20 bits per heavy atom. The fourth-order valence-corrected chi connectivity index (χ4v) is 1.86. The van der Waals surface area contributed by atoms with E-state index in [1.807, 2.05) is 13.0 Å². The van der Waals surface area contributed by atoms with E-state index in [2.05, 4.69) is 0 Å². The third kappa shape index (κ3) is 1.99. The second kappa shape index (κ2) is 3.97. The summed E-state index contributed by atoms with van der Waals surface area (Å²) in [6.45, 7) is 1.86. The number of Topliss-reactive ketones (excluding diaryl/α,β-unsaturated/α-hetero) is 1. The van der Waals surface area contributed by atoms with Crippen LogP contribution in [0.5, 0.6) is 0 Å². The molecule has 0 saturated carbocycles. The van der Waals surface area contributed by atoms with Crippen LogP contribution in [0.2, 0.25) is 0 Å². The highest BCUT2D eigenvalue weighted by molar-refractivity contribution is 6.09. The van der Waals surface area contributed by atoms with Crippen molar-refractivity contribution in [2.24, 2.45) is 0 Å². The van der Waals surface area contributed by atoms with Gasteiger partial charge in [0.05, 0.1) is 5.56 Å². The van der Waals surface area contributed by atoms with Gasteiger partial charge in [-0.1, -0.05) is 17.7 Å². The molecule has 0 fully saturated rings. The number of ketones is 1. The summed E-state index contributed by atoms with van der Waals surface area (Å²) in [7, 11) is 0. The van der Waals surface area contributed by atoms with Crippen LogP contribution in [0.1, 0.15) is 35.2 Å². The molecule has 78 valence electrons. The van der Waals surface area contributed by atoms with E-state index < -0.39 is 5.82 Å². The summed E-state index contributed by atoms with van der Waals surface area (Å²) in [5.74, 6) is -0.563. The number of benzene rings is 1. The molecule has 0 atom stereocenters. The first-order valence-corrected chi connectivity index (χ1v) is 5.18. The molecule has 0 saturated heterocycles. The van der Waals surface area contributed by atoms with Gasteiger partial charge in [-0.3, -0.25) is 4.79 Å². The summed E-state index contributed by atoms with van der Waals surface area (Å²) >= 11 is 0. The molecule has 2 rings (SSSR count). The van der Waals surface area contributed by atoms with Crippen LogP contribution in [0.3, 0.4) is 0 Å². The summed E-state index contributed by atoms with van der Waals surface area (Å²) in [5.41, 5.74) is 1.89. The molecule has 0 heterocycles. The van der Waals surface area contributed by atoms with Crippen molar-refractivity contribution < 1.29 is 9.18 Å². The molecule has 0 spiro atoms. The van der Waals surface area contributed by atoms with Gasteiger partial charge in [0.15, 0.2) is 5.78 Å². The first-order valence-electron chi connectivity index (χ1n) is 5.18. The third-order valence-electron chi connectivity index (χ3n) is 2.70. The lowest BCUT2D eigenvalue weighted by atomic mass is 10.0. The van der Waals surface area contributed by atoms with Gasteiger partial charge in [-0.2, -0.15) is 0 Å². The molecule has 0 amide bonds. The van der Waals surface area contributed by atoms with E-state index in [0.29, 0.717) is 0 Å². The Balaban J connectivity index is 2.36. The maximum atomic E-state index is 13.4. The predicted octanol–water partition coefficient (Wildman–Crippen LogP) is 3.43. The monoisotopic (exact) mass is 204 g/mol. The fraction of sp³-hybridized carbons (Fsp3) is 0.308. The number of aryl methyl sites for hydroxylation is 1. The minimum Gasteiger partial charge on any atom is -0.289 e. The van der Waals surface area contributed by atoms with Crippen molar-refractivity contribution in [2.75, 3.05) is 0 Å². The van der Waals surface area contributed by atoms with Crippen molar-refractivity contribution >= 4 is 5.78 Å². The van der Waals surface area contributed by atoms with E-state index in [1.165, 1.54) is 6.07 Å². The van der Waals surface area contributed by atoms with Crippen LogP contribution in [0.4, 0.5) is 4.39 Å². The molecule has 1 nitrogen and oxygen atoms in total. The number of rotatable bonds is 2. The van der Waals surface area contributed by atoms with Crippen LogP contribution in [-0.4, -0.2) is 5.78 Å². The Bertz CT molecular complexity index is 432. The van der Waals surface area contributed by atoms with Gasteiger partial charge in [0.2, 0.25) is 0 Å². The molecule has 0 aliphatic heterocycles. The van der Waals surface area contributed by atoms with Crippen molar-refractivity contribution in [1.82, 2.24) is 0 Å². The van der Waals surface area contributed by atoms with E-state index in [1.54, 1.807) is 12.1 Å². The molecular formula is C13H13FO. The average molecular weight is 204 g/mol.